The van der Waals surface area contributed by atoms with Crippen LogP contribution < -0.4 is 10.1 Å². The highest BCUT2D eigenvalue weighted by Gasteiger charge is 2.17. The topological polar surface area (TPSA) is 38.3 Å². The first kappa shape index (κ1) is 15.1. The van der Waals surface area contributed by atoms with Crippen LogP contribution in [0.3, 0.4) is 0 Å². The van der Waals surface area contributed by atoms with E-state index in [4.69, 9.17) is 4.74 Å². The number of amides is 1. The van der Waals surface area contributed by atoms with Gasteiger partial charge >= 0.3 is 0 Å². The Balaban J connectivity index is 2.28. The molecule has 0 aliphatic rings. The molecule has 0 heterocycles. The summed E-state index contributed by atoms with van der Waals surface area (Å²) in [7, 11) is 1.65. The summed E-state index contributed by atoms with van der Waals surface area (Å²) in [6.07, 6.45) is 0.449. The van der Waals surface area contributed by atoms with Crippen LogP contribution in [-0.2, 0) is 4.79 Å². The molecule has 0 saturated carbocycles. The minimum absolute atomic E-state index is 0.0589. The molecule has 110 valence electrons. The van der Waals surface area contributed by atoms with E-state index in [-0.39, 0.29) is 11.8 Å². The molecular formula is C18H21NO2. The third-order valence-electron chi connectivity index (χ3n) is 3.48. The Morgan fingerprint density at radius 1 is 1.05 bits per heavy atom. The minimum atomic E-state index is 0.0589. The van der Waals surface area contributed by atoms with Crippen molar-refractivity contribution in [3.8, 4) is 5.75 Å². The van der Waals surface area contributed by atoms with E-state index in [0.29, 0.717) is 13.0 Å². The normalized spacial score (nSPS) is 11.7. The monoisotopic (exact) mass is 283 g/mol. The summed E-state index contributed by atoms with van der Waals surface area (Å²) in [6.45, 7) is 2.59. The van der Waals surface area contributed by atoms with Gasteiger partial charge in [0.15, 0.2) is 0 Å². The Bertz CT molecular complexity index is 564. The zero-order valence-electron chi connectivity index (χ0n) is 12.5. The molecule has 21 heavy (non-hydrogen) atoms. The van der Waals surface area contributed by atoms with Crippen LogP contribution in [0.1, 0.15) is 30.4 Å². The lowest BCUT2D eigenvalue weighted by atomic mass is 9.88. The number of ether oxygens (including phenoxy) is 1. The third kappa shape index (κ3) is 4.09. The smallest absolute Gasteiger partial charge is 0.220 e. The Morgan fingerprint density at radius 2 is 1.67 bits per heavy atom. The summed E-state index contributed by atoms with van der Waals surface area (Å²) in [5.41, 5.74) is 2.27. The predicted molar refractivity (Wildman–Crippen MR) is 84.6 cm³/mol. The molecule has 0 fully saturated rings. The molecule has 0 unspecified atom stereocenters. The van der Waals surface area contributed by atoms with Gasteiger partial charge in [0.2, 0.25) is 5.91 Å². The molecule has 0 aliphatic heterocycles. The van der Waals surface area contributed by atoms with Crippen molar-refractivity contribution in [1.29, 1.82) is 0 Å². The van der Waals surface area contributed by atoms with Crippen LogP contribution in [0.5, 0.6) is 5.75 Å². The maximum absolute atomic E-state index is 12.0. The van der Waals surface area contributed by atoms with Gasteiger partial charge in [-0.3, -0.25) is 4.79 Å². The Kier molecular flexibility index (Phi) is 5.38. The fourth-order valence-corrected chi connectivity index (χ4v) is 2.40. The molecule has 0 aromatic heterocycles. The fraction of sp³-hybridized carbons (Fsp3) is 0.278. The molecule has 3 heteroatoms. The van der Waals surface area contributed by atoms with E-state index in [1.165, 1.54) is 0 Å². The highest BCUT2D eigenvalue weighted by Crippen LogP contribution is 2.29. The number of rotatable bonds is 6. The van der Waals surface area contributed by atoms with Gasteiger partial charge in [-0.05, 0) is 30.2 Å². The molecule has 1 amide bonds. The van der Waals surface area contributed by atoms with Gasteiger partial charge in [-0.15, -0.1) is 0 Å². The average molecular weight is 283 g/mol. The third-order valence-corrected chi connectivity index (χ3v) is 3.48. The number of methoxy groups -OCH3 is 1. The number of hydrogen-bond donors (Lipinski definition) is 1. The Labute approximate surface area is 126 Å². The van der Waals surface area contributed by atoms with Crippen molar-refractivity contribution in [3.05, 3.63) is 65.7 Å². The number of benzene rings is 2. The summed E-state index contributed by atoms with van der Waals surface area (Å²) >= 11 is 0. The van der Waals surface area contributed by atoms with E-state index in [1.54, 1.807) is 7.11 Å². The molecule has 0 spiro atoms. The molecule has 0 aliphatic carbocycles. The van der Waals surface area contributed by atoms with Gasteiger partial charge in [0.1, 0.15) is 5.75 Å². The predicted octanol–water partition coefficient (Wildman–Crippen LogP) is 3.35. The zero-order valence-corrected chi connectivity index (χ0v) is 12.5. The molecule has 1 N–H and O–H groups in total. The Morgan fingerprint density at radius 3 is 2.24 bits per heavy atom. The molecular weight excluding hydrogens is 262 g/mol. The summed E-state index contributed by atoms with van der Waals surface area (Å²) in [4.78, 5) is 12.0. The molecule has 0 bridgehead atoms. The van der Waals surface area contributed by atoms with Crippen molar-refractivity contribution in [1.82, 2.24) is 5.32 Å². The fourth-order valence-electron chi connectivity index (χ4n) is 2.40. The van der Waals surface area contributed by atoms with Crippen molar-refractivity contribution in [2.45, 2.75) is 19.3 Å². The van der Waals surface area contributed by atoms with E-state index >= 15 is 0 Å². The van der Waals surface area contributed by atoms with E-state index in [1.807, 2.05) is 49.4 Å². The average Bonchev–Trinajstić information content (AvgIpc) is 2.54. The molecule has 0 saturated heterocycles. The second-order valence-corrected chi connectivity index (χ2v) is 4.89. The molecule has 1 atom stereocenters. The van der Waals surface area contributed by atoms with Gasteiger partial charge in [-0.25, -0.2) is 0 Å². The molecule has 2 aromatic rings. The largest absolute Gasteiger partial charge is 0.497 e. The van der Waals surface area contributed by atoms with Gasteiger partial charge in [-0.1, -0.05) is 42.5 Å². The van der Waals surface area contributed by atoms with Gasteiger partial charge in [0.05, 0.1) is 7.11 Å². The zero-order chi connectivity index (χ0) is 15.1. The van der Waals surface area contributed by atoms with Crippen LogP contribution in [0, 0.1) is 0 Å². The summed E-state index contributed by atoms with van der Waals surface area (Å²) in [5.74, 6) is 0.953. The quantitative estimate of drug-likeness (QED) is 0.883. The summed E-state index contributed by atoms with van der Waals surface area (Å²) in [6, 6.07) is 18.0. The van der Waals surface area contributed by atoms with Crippen LogP contribution in [0.4, 0.5) is 0 Å². The highest BCUT2D eigenvalue weighted by atomic mass is 16.5. The molecule has 2 rings (SSSR count). The van der Waals surface area contributed by atoms with Crippen LogP contribution in [0.15, 0.2) is 54.6 Å². The van der Waals surface area contributed by atoms with E-state index in [0.717, 1.165) is 16.9 Å². The first-order valence-corrected chi connectivity index (χ1v) is 7.20. The van der Waals surface area contributed by atoms with Crippen LogP contribution in [-0.4, -0.2) is 19.6 Å². The van der Waals surface area contributed by atoms with Crippen molar-refractivity contribution in [2.24, 2.45) is 0 Å². The lowest BCUT2D eigenvalue weighted by Crippen LogP contribution is -2.24. The van der Waals surface area contributed by atoms with Gasteiger partial charge < -0.3 is 10.1 Å². The molecule has 2 aromatic carbocycles. The lowest BCUT2D eigenvalue weighted by Gasteiger charge is -2.18. The maximum Gasteiger partial charge on any atom is 0.220 e. The number of nitrogens with one attached hydrogen (secondary N) is 1. The summed E-state index contributed by atoms with van der Waals surface area (Å²) < 4.78 is 5.20. The second-order valence-electron chi connectivity index (χ2n) is 4.89. The number of carbonyl (C=O) groups excluding carboxylic acids is 1. The lowest BCUT2D eigenvalue weighted by molar-refractivity contribution is -0.121. The summed E-state index contributed by atoms with van der Waals surface area (Å²) in [5, 5.41) is 2.87. The SMILES string of the molecule is CCNC(=O)C[C@@H](c1ccccc1)c1ccc(OC)cc1. The van der Waals surface area contributed by atoms with Crippen molar-refractivity contribution >= 4 is 5.91 Å². The molecule has 0 radical (unpaired) electrons. The van der Waals surface area contributed by atoms with Gasteiger partial charge in [0, 0.05) is 18.9 Å². The van der Waals surface area contributed by atoms with Crippen molar-refractivity contribution < 1.29 is 9.53 Å². The first-order valence-electron chi connectivity index (χ1n) is 7.20. The van der Waals surface area contributed by atoms with E-state index in [2.05, 4.69) is 17.4 Å². The maximum atomic E-state index is 12.0. The van der Waals surface area contributed by atoms with Gasteiger partial charge in [-0.2, -0.15) is 0 Å². The van der Waals surface area contributed by atoms with Gasteiger partial charge in [0.25, 0.3) is 0 Å². The van der Waals surface area contributed by atoms with Crippen molar-refractivity contribution in [2.75, 3.05) is 13.7 Å². The Hall–Kier alpha value is -2.29. The number of hydrogen-bond acceptors (Lipinski definition) is 2. The van der Waals surface area contributed by atoms with Crippen LogP contribution in [0.2, 0.25) is 0 Å². The highest BCUT2D eigenvalue weighted by molar-refractivity contribution is 5.77. The second kappa shape index (κ2) is 7.48. The minimum Gasteiger partial charge on any atom is -0.497 e. The van der Waals surface area contributed by atoms with E-state index in [9.17, 15) is 4.79 Å². The molecule has 3 nitrogen and oxygen atoms in total. The first-order chi connectivity index (χ1) is 10.2. The standard InChI is InChI=1S/C18H21NO2/c1-3-19-18(20)13-17(14-7-5-4-6-8-14)15-9-11-16(21-2)12-10-15/h4-12,17H,3,13H2,1-2H3,(H,19,20)/t17-/m0/s1. The van der Waals surface area contributed by atoms with Crippen LogP contribution >= 0.6 is 0 Å². The van der Waals surface area contributed by atoms with E-state index < -0.39 is 0 Å². The van der Waals surface area contributed by atoms with Crippen molar-refractivity contribution in [3.63, 3.8) is 0 Å². The number of carbonyl (C=O) groups is 1. The van der Waals surface area contributed by atoms with Crippen LogP contribution in [0.25, 0.3) is 0 Å².